The summed E-state index contributed by atoms with van der Waals surface area (Å²) < 4.78 is 5.50. The molecule has 19 heavy (non-hydrogen) atoms. The van der Waals surface area contributed by atoms with Gasteiger partial charge in [0.25, 0.3) is 0 Å². The molecule has 2 saturated carbocycles. The molecule has 0 aromatic heterocycles. The van der Waals surface area contributed by atoms with E-state index in [-0.39, 0.29) is 0 Å². The van der Waals surface area contributed by atoms with Crippen LogP contribution in [0.15, 0.2) is 24.3 Å². The average Bonchev–Trinajstić information content (AvgIpc) is 3.31. The van der Waals surface area contributed by atoms with Gasteiger partial charge in [-0.25, -0.2) is 0 Å². The molecule has 1 aromatic rings. The molecular weight excluding hydrogens is 234 g/mol. The zero-order valence-corrected chi connectivity index (χ0v) is 12.1. The maximum Gasteiger partial charge on any atom is 0.123 e. The highest BCUT2D eigenvalue weighted by atomic mass is 16.5. The molecule has 0 spiro atoms. The van der Waals surface area contributed by atoms with Gasteiger partial charge in [-0.3, -0.25) is 0 Å². The molecule has 3 rings (SSSR count). The topological polar surface area (TPSA) is 21.3 Å². The Hall–Kier alpha value is -1.02. The van der Waals surface area contributed by atoms with Crippen LogP contribution in [0.1, 0.15) is 50.6 Å². The van der Waals surface area contributed by atoms with Crippen LogP contribution in [-0.4, -0.2) is 13.7 Å². The van der Waals surface area contributed by atoms with Crippen LogP contribution in [0.5, 0.6) is 5.75 Å². The Labute approximate surface area is 116 Å². The summed E-state index contributed by atoms with van der Waals surface area (Å²) in [5.74, 6) is 2.04. The molecule has 2 aliphatic carbocycles. The number of benzene rings is 1. The van der Waals surface area contributed by atoms with E-state index in [1.54, 1.807) is 7.11 Å². The van der Waals surface area contributed by atoms with E-state index in [4.69, 9.17) is 4.74 Å². The van der Waals surface area contributed by atoms with Crippen molar-refractivity contribution < 1.29 is 4.74 Å². The Morgan fingerprint density at radius 1 is 1.32 bits per heavy atom. The molecule has 0 bridgehead atoms. The second-order valence-corrected chi connectivity index (χ2v) is 6.22. The van der Waals surface area contributed by atoms with Crippen LogP contribution >= 0.6 is 0 Å². The van der Waals surface area contributed by atoms with Crippen LogP contribution in [0.3, 0.4) is 0 Å². The second kappa shape index (κ2) is 5.16. The van der Waals surface area contributed by atoms with Crippen molar-refractivity contribution in [2.24, 2.45) is 11.3 Å². The van der Waals surface area contributed by atoms with Crippen molar-refractivity contribution in [1.29, 1.82) is 0 Å². The van der Waals surface area contributed by atoms with Gasteiger partial charge in [0.2, 0.25) is 0 Å². The van der Waals surface area contributed by atoms with E-state index >= 15 is 0 Å². The first kappa shape index (κ1) is 13.0. The first-order valence-electron chi connectivity index (χ1n) is 7.65. The van der Waals surface area contributed by atoms with E-state index < -0.39 is 0 Å². The number of para-hydroxylation sites is 1. The number of hydrogen-bond donors (Lipinski definition) is 1. The summed E-state index contributed by atoms with van der Waals surface area (Å²) in [5.41, 5.74) is 1.97. The summed E-state index contributed by atoms with van der Waals surface area (Å²) in [4.78, 5) is 0. The summed E-state index contributed by atoms with van der Waals surface area (Å²) in [7, 11) is 1.76. The quantitative estimate of drug-likeness (QED) is 0.801. The Morgan fingerprint density at radius 3 is 2.63 bits per heavy atom. The molecule has 2 fully saturated rings. The maximum atomic E-state index is 5.50. The molecule has 104 valence electrons. The Morgan fingerprint density at radius 2 is 2.05 bits per heavy atom. The molecule has 1 unspecified atom stereocenters. The van der Waals surface area contributed by atoms with Crippen molar-refractivity contribution in [2.45, 2.75) is 45.1 Å². The van der Waals surface area contributed by atoms with Crippen LogP contribution in [0.2, 0.25) is 0 Å². The molecule has 0 radical (unpaired) electrons. The highest BCUT2D eigenvalue weighted by Gasteiger charge is 2.53. The van der Waals surface area contributed by atoms with Gasteiger partial charge in [-0.05, 0) is 49.5 Å². The molecule has 0 heterocycles. The summed E-state index contributed by atoms with van der Waals surface area (Å²) in [6.07, 6.45) is 6.92. The van der Waals surface area contributed by atoms with Crippen LogP contribution in [0, 0.1) is 11.3 Å². The molecule has 1 aromatic carbocycles. The highest BCUT2D eigenvalue weighted by Crippen LogP contribution is 2.61. The van der Waals surface area contributed by atoms with E-state index in [9.17, 15) is 0 Å². The minimum Gasteiger partial charge on any atom is -0.496 e. The van der Waals surface area contributed by atoms with Crippen LogP contribution in [0.4, 0.5) is 0 Å². The van der Waals surface area contributed by atoms with Gasteiger partial charge >= 0.3 is 0 Å². The van der Waals surface area contributed by atoms with Gasteiger partial charge in [0.15, 0.2) is 0 Å². The third kappa shape index (κ3) is 2.64. The van der Waals surface area contributed by atoms with E-state index in [0.717, 1.165) is 18.1 Å². The predicted molar refractivity (Wildman–Crippen MR) is 78.4 cm³/mol. The fourth-order valence-corrected chi connectivity index (χ4v) is 3.34. The molecular formula is C17H25NO. The normalized spacial score (nSPS) is 22.0. The number of ether oxygens (including phenoxy) is 1. The van der Waals surface area contributed by atoms with E-state index in [1.165, 1.54) is 37.8 Å². The minimum absolute atomic E-state index is 0.423. The van der Waals surface area contributed by atoms with Gasteiger partial charge in [-0.1, -0.05) is 25.1 Å². The first-order valence-corrected chi connectivity index (χ1v) is 7.65. The highest BCUT2D eigenvalue weighted by molar-refractivity contribution is 5.35. The third-order valence-electron chi connectivity index (χ3n) is 4.96. The summed E-state index contributed by atoms with van der Waals surface area (Å²) >= 11 is 0. The molecule has 2 heteroatoms. The van der Waals surface area contributed by atoms with Crippen LogP contribution in [-0.2, 0) is 0 Å². The maximum absolute atomic E-state index is 5.50. The summed E-state index contributed by atoms with van der Waals surface area (Å²) in [6, 6.07) is 8.83. The Balaban J connectivity index is 1.66. The lowest BCUT2D eigenvalue weighted by atomic mass is 9.98. The lowest BCUT2D eigenvalue weighted by molar-refractivity contribution is 0.357. The first-order chi connectivity index (χ1) is 9.29. The van der Waals surface area contributed by atoms with Crippen molar-refractivity contribution in [1.82, 2.24) is 5.32 Å². The van der Waals surface area contributed by atoms with Gasteiger partial charge in [-0.2, -0.15) is 0 Å². The second-order valence-electron chi connectivity index (χ2n) is 6.22. The van der Waals surface area contributed by atoms with Crippen LogP contribution in [0.25, 0.3) is 0 Å². The molecule has 0 amide bonds. The molecule has 0 saturated heterocycles. The third-order valence-corrected chi connectivity index (χ3v) is 4.96. The standard InChI is InChI=1S/C17H25NO/c1-3-15(14-6-4-5-7-16(14)19-2)18-12-17(10-11-17)13-8-9-13/h4-7,13,15,18H,3,8-12H2,1-2H3. The van der Waals surface area contributed by atoms with Crippen molar-refractivity contribution in [3.8, 4) is 5.75 Å². The van der Waals surface area contributed by atoms with Crippen molar-refractivity contribution in [2.75, 3.05) is 13.7 Å². The van der Waals surface area contributed by atoms with Crippen molar-refractivity contribution in [3.05, 3.63) is 29.8 Å². The Bertz CT molecular complexity index is 435. The van der Waals surface area contributed by atoms with Gasteiger partial charge in [-0.15, -0.1) is 0 Å². The van der Waals surface area contributed by atoms with Gasteiger partial charge in [0, 0.05) is 18.2 Å². The molecule has 2 nitrogen and oxygen atoms in total. The lowest BCUT2D eigenvalue weighted by Gasteiger charge is -2.23. The van der Waals surface area contributed by atoms with E-state index in [0.29, 0.717) is 11.5 Å². The largest absolute Gasteiger partial charge is 0.496 e. The Kier molecular flexibility index (Phi) is 3.53. The fraction of sp³-hybridized carbons (Fsp3) is 0.647. The van der Waals surface area contributed by atoms with E-state index in [2.05, 4.69) is 30.4 Å². The zero-order chi connectivity index (χ0) is 13.3. The summed E-state index contributed by atoms with van der Waals surface area (Å²) in [6.45, 7) is 3.44. The zero-order valence-electron chi connectivity index (χ0n) is 12.1. The molecule has 1 N–H and O–H groups in total. The average molecular weight is 259 g/mol. The molecule has 2 aliphatic rings. The monoisotopic (exact) mass is 259 g/mol. The number of hydrogen-bond acceptors (Lipinski definition) is 2. The number of methoxy groups -OCH3 is 1. The van der Waals surface area contributed by atoms with Crippen LogP contribution < -0.4 is 10.1 Å². The van der Waals surface area contributed by atoms with Gasteiger partial charge < -0.3 is 10.1 Å². The number of nitrogens with one attached hydrogen (secondary N) is 1. The lowest BCUT2D eigenvalue weighted by Crippen LogP contribution is -2.29. The minimum atomic E-state index is 0.423. The fourth-order valence-electron chi connectivity index (χ4n) is 3.34. The predicted octanol–water partition coefficient (Wildman–Crippen LogP) is 3.93. The van der Waals surface area contributed by atoms with Crippen molar-refractivity contribution >= 4 is 0 Å². The van der Waals surface area contributed by atoms with E-state index in [1.807, 2.05) is 6.07 Å². The smallest absolute Gasteiger partial charge is 0.123 e. The van der Waals surface area contributed by atoms with Gasteiger partial charge in [0.05, 0.1) is 7.11 Å². The van der Waals surface area contributed by atoms with Gasteiger partial charge in [0.1, 0.15) is 5.75 Å². The molecule has 0 aliphatic heterocycles. The summed E-state index contributed by atoms with van der Waals surface area (Å²) in [5, 5.41) is 3.80. The SMILES string of the molecule is CCC(NCC1(C2CC2)CC1)c1ccccc1OC. The number of rotatable bonds is 7. The molecule has 1 atom stereocenters. The van der Waals surface area contributed by atoms with Crippen molar-refractivity contribution in [3.63, 3.8) is 0 Å².